The van der Waals surface area contributed by atoms with Crippen LogP contribution in [0.4, 0.5) is 0 Å². The minimum absolute atomic E-state index is 0.172. The van der Waals surface area contributed by atoms with E-state index in [-0.39, 0.29) is 5.78 Å². The van der Waals surface area contributed by atoms with Crippen molar-refractivity contribution in [3.8, 4) is 0 Å². The Morgan fingerprint density at radius 3 is 2.12 bits per heavy atom. The van der Waals surface area contributed by atoms with Crippen molar-refractivity contribution in [1.29, 1.82) is 0 Å². The number of benzene rings is 1. The second kappa shape index (κ2) is 6.55. The zero-order chi connectivity index (χ0) is 17.8. The molecule has 1 fully saturated rings. The van der Waals surface area contributed by atoms with E-state index in [9.17, 15) is 4.79 Å². The van der Waals surface area contributed by atoms with Gasteiger partial charge in [-0.3, -0.25) is 4.79 Å². The molecule has 2 bridgehead atoms. The molecule has 0 spiro atoms. The second-order valence-electron chi connectivity index (χ2n) is 5.56. The first kappa shape index (κ1) is 19.2. The highest BCUT2D eigenvalue weighted by molar-refractivity contribution is 9.16. The highest BCUT2D eigenvalue weighted by atomic mass is 79.9. The van der Waals surface area contributed by atoms with Crippen LogP contribution in [0, 0.1) is 0 Å². The van der Waals surface area contributed by atoms with Gasteiger partial charge in [-0.2, -0.15) is 0 Å². The van der Waals surface area contributed by atoms with Crippen LogP contribution in [-0.2, 0) is 25.6 Å². The molecule has 0 saturated heterocycles. The number of methoxy groups -OCH3 is 2. The second-order valence-corrected chi connectivity index (χ2v) is 9.59. The quantitative estimate of drug-likeness (QED) is 0.377. The van der Waals surface area contributed by atoms with Crippen molar-refractivity contribution in [2.75, 3.05) is 14.2 Å². The lowest BCUT2D eigenvalue weighted by Gasteiger charge is -2.40. The summed E-state index contributed by atoms with van der Waals surface area (Å²) in [6, 6.07) is 9.69. The zero-order valence-corrected chi connectivity index (χ0v) is 19.2. The van der Waals surface area contributed by atoms with Crippen LogP contribution >= 0.6 is 63.7 Å². The van der Waals surface area contributed by atoms with Gasteiger partial charge >= 0.3 is 0 Å². The molecule has 1 saturated carbocycles. The first-order valence-corrected chi connectivity index (χ1v) is 10.2. The van der Waals surface area contributed by atoms with Gasteiger partial charge in [0.2, 0.25) is 5.79 Å². The number of hydrogen-bond acceptors (Lipinski definition) is 4. The number of Topliss-reactive ketones (excluding diaryl/α,β-unsaturated/α-hetero) is 1. The molecule has 4 nitrogen and oxygen atoms in total. The molecule has 3 rings (SSSR count). The summed E-state index contributed by atoms with van der Waals surface area (Å²) < 4.78 is 16.6. The standard InChI is InChI=1S/C16H14Br4O4/c1-22-16(23-2)14(19)10(17)11(18)15(16,20)13(12(14)21)24-8-9-6-4-3-5-7-9/h3-7,13H,8H2,1-2H3. The van der Waals surface area contributed by atoms with E-state index in [0.29, 0.717) is 15.6 Å². The number of carbonyl (C=O) groups is 1. The smallest absolute Gasteiger partial charge is 0.218 e. The SMILES string of the molecule is COC1(OC)C2(Br)C(=O)C(OCc3ccccc3)C1(Br)C(Br)=C2Br. The van der Waals surface area contributed by atoms with E-state index in [0.717, 1.165) is 5.56 Å². The number of ketones is 1. The molecule has 8 heteroatoms. The maximum atomic E-state index is 13.2. The number of ether oxygens (including phenoxy) is 3. The fourth-order valence-electron chi connectivity index (χ4n) is 3.38. The highest BCUT2D eigenvalue weighted by Gasteiger charge is 2.84. The number of fused-ring (bicyclic) bond motifs is 2. The maximum Gasteiger partial charge on any atom is 0.218 e. The third kappa shape index (κ3) is 2.14. The zero-order valence-electron chi connectivity index (χ0n) is 12.8. The van der Waals surface area contributed by atoms with Crippen LogP contribution < -0.4 is 0 Å². The van der Waals surface area contributed by atoms with Gasteiger partial charge in [-0.1, -0.05) is 94.1 Å². The number of carbonyl (C=O) groups excluding carboxylic acids is 1. The Hall–Kier alpha value is 0.430. The van der Waals surface area contributed by atoms with Crippen LogP contribution in [0.15, 0.2) is 39.3 Å². The Balaban J connectivity index is 2.02. The molecule has 24 heavy (non-hydrogen) atoms. The predicted molar refractivity (Wildman–Crippen MR) is 105 cm³/mol. The Kier molecular flexibility index (Phi) is 5.24. The molecule has 3 atom stereocenters. The molecule has 1 aromatic carbocycles. The molecule has 3 unspecified atom stereocenters. The van der Waals surface area contributed by atoms with Crippen LogP contribution in [-0.4, -0.2) is 40.5 Å². The lowest BCUT2D eigenvalue weighted by Crippen LogP contribution is -2.57. The summed E-state index contributed by atoms with van der Waals surface area (Å²) in [5, 5.41) is 0. The van der Waals surface area contributed by atoms with Crippen LogP contribution in [0.25, 0.3) is 0 Å². The molecule has 0 amide bonds. The molecule has 0 radical (unpaired) electrons. The molecule has 2 aliphatic rings. The molecule has 130 valence electrons. The molecule has 0 heterocycles. The summed E-state index contributed by atoms with van der Waals surface area (Å²) in [4.78, 5) is 13.2. The largest absolute Gasteiger partial charge is 0.364 e. The van der Waals surface area contributed by atoms with E-state index in [4.69, 9.17) is 14.2 Å². The number of hydrogen-bond donors (Lipinski definition) is 0. The molecular formula is C16H14Br4O4. The van der Waals surface area contributed by atoms with Gasteiger partial charge in [-0.05, 0) is 5.56 Å². The van der Waals surface area contributed by atoms with Crippen molar-refractivity contribution in [2.45, 2.75) is 27.1 Å². The number of rotatable bonds is 5. The van der Waals surface area contributed by atoms with Crippen LogP contribution in [0.1, 0.15) is 5.56 Å². The van der Waals surface area contributed by atoms with E-state index in [1.807, 2.05) is 30.3 Å². The van der Waals surface area contributed by atoms with Crippen molar-refractivity contribution >= 4 is 69.5 Å². The lowest BCUT2D eigenvalue weighted by atomic mass is 10.0. The first-order valence-electron chi connectivity index (χ1n) is 7.05. The van der Waals surface area contributed by atoms with Crippen LogP contribution in [0.5, 0.6) is 0 Å². The Labute approximate surface area is 173 Å². The van der Waals surface area contributed by atoms with E-state index in [1.54, 1.807) is 0 Å². The van der Waals surface area contributed by atoms with Gasteiger partial charge in [0, 0.05) is 23.2 Å². The molecular weight excluding hydrogens is 576 g/mol. The number of halogens is 4. The van der Waals surface area contributed by atoms with Gasteiger partial charge in [0.05, 0.1) is 6.61 Å². The summed E-state index contributed by atoms with van der Waals surface area (Å²) >= 11 is 14.3. The minimum Gasteiger partial charge on any atom is -0.364 e. The van der Waals surface area contributed by atoms with Crippen molar-refractivity contribution in [3.05, 3.63) is 44.9 Å². The summed E-state index contributed by atoms with van der Waals surface area (Å²) in [5.41, 5.74) is 0.979. The van der Waals surface area contributed by atoms with Gasteiger partial charge in [0.15, 0.2) is 10.1 Å². The van der Waals surface area contributed by atoms with Gasteiger partial charge in [0.1, 0.15) is 10.4 Å². The minimum atomic E-state index is -1.30. The third-order valence-electron chi connectivity index (χ3n) is 4.52. The Morgan fingerprint density at radius 2 is 1.62 bits per heavy atom. The average molecular weight is 590 g/mol. The van der Waals surface area contributed by atoms with Crippen LogP contribution in [0.3, 0.4) is 0 Å². The van der Waals surface area contributed by atoms with E-state index in [1.165, 1.54) is 14.2 Å². The summed E-state index contributed by atoms with van der Waals surface area (Å²) in [6.07, 6.45) is -0.798. The monoisotopic (exact) mass is 586 g/mol. The average Bonchev–Trinajstić information content (AvgIpc) is 2.83. The van der Waals surface area contributed by atoms with Crippen molar-refractivity contribution in [3.63, 3.8) is 0 Å². The van der Waals surface area contributed by atoms with Gasteiger partial charge < -0.3 is 14.2 Å². The maximum absolute atomic E-state index is 13.2. The van der Waals surface area contributed by atoms with E-state index < -0.39 is 20.5 Å². The molecule has 0 N–H and O–H groups in total. The predicted octanol–water partition coefficient (Wildman–Crippen LogP) is 4.43. The summed E-state index contributed by atoms with van der Waals surface area (Å²) in [5.74, 6) is -1.47. The van der Waals surface area contributed by atoms with Gasteiger partial charge in [-0.25, -0.2) is 0 Å². The van der Waals surface area contributed by atoms with Gasteiger partial charge in [0.25, 0.3) is 0 Å². The molecule has 0 aromatic heterocycles. The number of alkyl halides is 2. The summed E-state index contributed by atoms with van der Waals surface area (Å²) in [6.45, 7) is 0.301. The summed E-state index contributed by atoms with van der Waals surface area (Å²) in [7, 11) is 3.02. The molecule has 1 aromatic rings. The van der Waals surface area contributed by atoms with Crippen molar-refractivity contribution in [2.24, 2.45) is 0 Å². The lowest BCUT2D eigenvalue weighted by molar-refractivity contribution is -0.216. The fraction of sp³-hybridized carbons (Fsp3) is 0.438. The van der Waals surface area contributed by atoms with E-state index >= 15 is 0 Å². The Bertz CT molecular complexity index is 703. The van der Waals surface area contributed by atoms with Crippen molar-refractivity contribution in [1.82, 2.24) is 0 Å². The van der Waals surface area contributed by atoms with E-state index in [2.05, 4.69) is 63.7 Å². The van der Waals surface area contributed by atoms with Crippen LogP contribution in [0.2, 0.25) is 0 Å². The molecule has 0 aliphatic heterocycles. The fourth-order valence-corrected chi connectivity index (χ4v) is 7.91. The normalized spacial score (nSPS) is 34.2. The Morgan fingerprint density at radius 1 is 1.04 bits per heavy atom. The van der Waals surface area contributed by atoms with Gasteiger partial charge in [-0.15, -0.1) is 0 Å². The highest BCUT2D eigenvalue weighted by Crippen LogP contribution is 2.70. The molecule has 2 aliphatic carbocycles. The third-order valence-corrected chi connectivity index (χ3v) is 10.8. The first-order chi connectivity index (χ1) is 11.3. The topological polar surface area (TPSA) is 44.8 Å². The van der Waals surface area contributed by atoms with Crippen molar-refractivity contribution < 1.29 is 19.0 Å².